The Morgan fingerprint density at radius 1 is 1.43 bits per heavy atom. The van der Waals surface area contributed by atoms with Gasteiger partial charge in [0.2, 0.25) is 0 Å². The zero-order chi connectivity index (χ0) is 16.9. The Kier molecular flexibility index (Phi) is 5.76. The number of rotatable bonds is 6. The first kappa shape index (κ1) is 17.5. The summed E-state index contributed by atoms with van der Waals surface area (Å²) in [4.78, 5) is 12.0. The average Bonchev–Trinajstić information content (AvgIpc) is 3.08. The molecule has 3 N–H and O–H groups in total. The molecule has 0 aliphatic rings. The highest BCUT2D eigenvalue weighted by atomic mass is 32.1. The third-order valence-corrected chi connectivity index (χ3v) is 4.39. The lowest BCUT2D eigenvalue weighted by Crippen LogP contribution is -2.40. The summed E-state index contributed by atoms with van der Waals surface area (Å²) in [6, 6.07) is 8.97. The molecule has 5 nitrogen and oxygen atoms in total. The summed E-state index contributed by atoms with van der Waals surface area (Å²) in [5.41, 5.74) is 1.36. The first-order chi connectivity index (χ1) is 10.9. The molecule has 124 valence electrons. The van der Waals surface area contributed by atoms with E-state index in [1.165, 1.54) is 11.3 Å². The lowest BCUT2D eigenvalue weighted by Gasteiger charge is -2.23. The number of thiophene rings is 1. The van der Waals surface area contributed by atoms with Crippen LogP contribution in [-0.4, -0.2) is 24.8 Å². The minimum atomic E-state index is -1.09. The number of carbonyl (C=O) groups is 1. The van der Waals surface area contributed by atoms with Crippen molar-refractivity contribution in [2.75, 3.05) is 19.0 Å². The van der Waals surface area contributed by atoms with Gasteiger partial charge in [-0.3, -0.25) is 0 Å². The van der Waals surface area contributed by atoms with E-state index in [4.69, 9.17) is 4.74 Å². The first-order valence-corrected chi connectivity index (χ1v) is 8.29. The maximum atomic E-state index is 12.0. The second-order valence-corrected chi connectivity index (χ2v) is 6.38. The third-order valence-electron chi connectivity index (χ3n) is 3.70. The van der Waals surface area contributed by atoms with E-state index in [-0.39, 0.29) is 18.7 Å². The van der Waals surface area contributed by atoms with Gasteiger partial charge in [0, 0.05) is 12.8 Å². The topological polar surface area (TPSA) is 70.6 Å². The van der Waals surface area contributed by atoms with E-state index in [9.17, 15) is 9.90 Å². The zero-order valence-corrected chi connectivity index (χ0v) is 14.3. The number of hydrogen-bond donors (Lipinski definition) is 3. The molecule has 2 amide bonds. The van der Waals surface area contributed by atoms with Crippen LogP contribution in [0.2, 0.25) is 0 Å². The zero-order valence-electron chi connectivity index (χ0n) is 13.5. The van der Waals surface area contributed by atoms with Gasteiger partial charge in [0.25, 0.3) is 0 Å². The molecule has 1 aromatic heterocycles. The van der Waals surface area contributed by atoms with Gasteiger partial charge in [-0.15, -0.1) is 0 Å². The van der Waals surface area contributed by atoms with E-state index in [2.05, 4.69) is 10.6 Å². The molecule has 0 aliphatic carbocycles. The molecule has 2 aromatic rings. The monoisotopic (exact) mass is 334 g/mol. The summed E-state index contributed by atoms with van der Waals surface area (Å²) >= 11 is 1.51. The number of hydrogen-bond acceptors (Lipinski definition) is 4. The number of methoxy groups -OCH3 is 1. The van der Waals surface area contributed by atoms with Crippen molar-refractivity contribution >= 4 is 23.1 Å². The summed E-state index contributed by atoms with van der Waals surface area (Å²) < 4.78 is 5.27. The normalized spacial score (nSPS) is 14.8. The number of benzene rings is 1. The lowest BCUT2D eigenvalue weighted by atomic mass is 9.99. The summed E-state index contributed by atoms with van der Waals surface area (Å²) in [6.45, 7) is 3.75. The molecule has 0 unspecified atom stereocenters. The van der Waals surface area contributed by atoms with Crippen molar-refractivity contribution in [1.29, 1.82) is 0 Å². The first-order valence-electron chi connectivity index (χ1n) is 7.35. The van der Waals surface area contributed by atoms with Crippen molar-refractivity contribution in [2.45, 2.75) is 25.6 Å². The quantitative estimate of drug-likeness (QED) is 0.757. The molecular weight excluding hydrogens is 312 g/mol. The van der Waals surface area contributed by atoms with Crippen molar-refractivity contribution < 1.29 is 14.6 Å². The van der Waals surface area contributed by atoms with Crippen LogP contribution in [0.1, 0.15) is 31.1 Å². The molecular formula is C17H22N2O3S. The highest BCUT2D eigenvalue weighted by Crippen LogP contribution is 2.22. The lowest BCUT2D eigenvalue weighted by molar-refractivity contribution is 0.0604. The van der Waals surface area contributed by atoms with Crippen molar-refractivity contribution in [1.82, 2.24) is 5.32 Å². The Bertz CT molecular complexity index is 641. The maximum absolute atomic E-state index is 12.0. The molecule has 0 radical (unpaired) electrons. The van der Waals surface area contributed by atoms with Crippen LogP contribution in [0.15, 0.2) is 41.1 Å². The maximum Gasteiger partial charge on any atom is 0.319 e. The van der Waals surface area contributed by atoms with Crippen molar-refractivity contribution in [3.8, 4) is 0 Å². The molecule has 2 atom stereocenters. The van der Waals surface area contributed by atoms with Crippen LogP contribution in [0.25, 0.3) is 0 Å². The molecule has 0 saturated heterocycles. The van der Waals surface area contributed by atoms with Crippen LogP contribution in [-0.2, 0) is 10.3 Å². The summed E-state index contributed by atoms with van der Waals surface area (Å²) in [6.07, 6.45) is -0.0425. The van der Waals surface area contributed by atoms with E-state index < -0.39 is 5.60 Å². The number of ether oxygens (including phenoxy) is 1. The number of amides is 2. The minimum Gasteiger partial charge on any atom is -0.384 e. The third kappa shape index (κ3) is 4.79. The molecule has 0 aliphatic heterocycles. The standard InChI is InChI=1S/C17H22N2O3S/c1-12(22-3)13-5-4-6-15(9-13)19-16(20)18-11-17(2,21)14-7-8-23-10-14/h4-10,12,21H,11H2,1-3H3,(H2,18,19,20)/t12-,17+/m0/s1. The van der Waals surface area contributed by atoms with Gasteiger partial charge in [-0.1, -0.05) is 12.1 Å². The van der Waals surface area contributed by atoms with Gasteiger partial charge in [0.1, 0.15) is 5.60 Å². The fourth-order valence-electron chi connectivity index (χ4n) is 2.11. The van der Waals surface area contributed by atoms with Gasteiger partial charge in [-0.2, -0.15) is 11.3 Å². The Labute approximate surface area is 140 Å². The predicted molar refractivity (Wildman–Crippen MR) is 92.8 cm³/mol. The highest BCUT2D eigenvalue weighted by Gasteiger charge is 2.24. The van der Waals surface area contributed by atoms with E-state index in [0.717, 1.165) is 11.1 Å². The van der Waals surface area contributed by atoms with Gasteiger partial charge in [0.15, 0.2) is 0 Å². The SMILES string of the molecule is CO[C@@H](C)c1cccc(NC(=O)NC[C@@](C)(O)c2ccsc2)c1. The van der Waals surface area contributed by atoms with Gasteiger partial charge in [0.05, 0.1) is 12.6 Å². The summed E-state index contributed by atoms with van der Waals surface area (Å²) in [7, 11) is 1.64. The second-order valence-electron chi connectivity index (χ2n) is 5.60. The van der Waals surface area contributed by atoms with Crippen LogP contribution in [0.4, 0.5) is 10.5 Å². The minimum absolute atomic E-state index is 0.0425. The van der Waals surface area contributed by atoms with Crippen LogP contribution in [0.5, 0.6) is 0 Å². The number of nitrogens with one attached hydrogen (secondary N) is 2. The molecule has 23 heavy (non-hydrogen) atoms. The Morgan fingerprint density at radius 2 is 2.22 bits per heavy atom. The van der Waals surface area contributed by atoms with Crippen molar-refractivity contribution in [2.24, 2.45) is 0 Å². The van der Waals surface area contributed by atoms with Gasteiger partial charge >= 0.3 is 6.03 Å². The Balaban J connectivity index is 1.92. The molecule has 2 rings (SSSR count). The summed E-state index contributed by atoms with van der Waals surface area (Å²) in [5, 5.41) is 19.6. The van der Waals surface area contributed by atoms with Crippen molar-refractivity contribution in [3.63, 3.8) is 0 Å². The second kappa shape index (κ2) is 7.59. The van der Waals surface area contributed by atoms with E-state index in [0.29, 0.717) is 5.69 Å². The van der Waals surface area contributed by atoms with Crippen LogP contribution >= 0.6 is 11.3 Å². The predicted octanol–water partition coefficient (Wildman–Crippen LogP) is 3.48. The van der Waals surface area contributed by atoms with E-state index in [1.54, 1.807) is 14.0 Å². The molecule has 1 heterocycles. The van der Waals surface area contributed by atoms with Gasteiger partial charge in [-0.25, -0.2) is 4.79 Å². The largest absolute Gasteiger partial charge is 0.384 e. The molecule has 0 saturated carbocycles. The molecule has 0 spiro atoms. The molecule has 0 fully saturated rings. The highest BCUT2D eigenvalue weighted by molar-refractivity contribution is 7.08. The van der Waals surface area contributed by atoms with Crippen LogP contribution in [0, 0.1) is 0 Å². The van der Waals surface area contributed by atoms with Gasteiger partial charge < -0.3 is 20.5 Å². The number of urea groups is 1. The van der Waals surface area contributed by atoms with E-state index in [1.807, 2.05) is 48.0 Å². The fourth-order valence-corrected chi connectivity index (χ4v) is 2.89. The fraction of sp³-hybridized carbons (Fsp3) is 0.353. The van der Waals surface area contributed by atoms with E-state index >= 15 is 0 Å². The smallest absolute Gasteiger partial charge is 0.319 e. The number of anilines is 1. The van der Waals surface area contributed by atoms with Crippen molar-refractivity contribution in [3.05, 3.63) is 52.2 Å². The number of aliphatic hydroxyl groups is 1. The molecule has 0 bridgehead atoms. The number of carbonyl (C=O) groups excluding carboxylic acids is 1. The summed E-state index contributed by atoms with van der Waals surface area (Å²) in [5.74, 6) is 0. The Hall–Kier alpha value is -1.89. The van der Waals surface area contributed by atoms with Crippen LogP contribution < -0.4 is 10.6 Å². The Morgan fingerprint density at radius 3 is 2.87 bits per heavy atom. The van der Waals surface area contributed by atoms with Crippen LogP contribution in [0.3, 0.4) is 0 Å². The average molecular weight is 334 g/mol. The molecule has 1 aromatic carbocycles. The molecule has 6 heteroatoms. The van der Waals surface area contributed by atoms with Gasteiger partial charge in [-0.05, 0) is 53.9 Å².